The number of benzene rings is 1. The van der Waals surface area contributed by atoms with Crippen LogP contribution in [-0.2, 0) is 16.1 Å². The summed E-state index contributed by atoms with van der Waals surface area (Å²) in [5.41, 5.74) is 1.30. The normalized spacial score (nSPS) is 22.7. The Hall–Kier alpha value is -1.92. The number of carbonyl (C=O) groups excluding carboxylic acids is 2. The van der Waals surface area contributed by atoms with Gasteiger partial charge < -0.3 is 15.7 Å². The van der Waals surface area contributed by atoms with Crippen molar-refractivity contribution >= 4 is 11.8 Å². The molecule has 3 N–H and O–H groups in total. The van der Waals surface area contributed by atoms with Crippen molar-refractivity contribution in [2.75, 3.05) is 19.6 Å². The van der Waals surface area contributed by atoms with Gasteiger partial charge in [0.15, 0.2) is 0 Å². The second kappa shape index (κ2) is 9.33. The number of rotatable bonds is 8. The predicted octanol–water partition coefficient (Wildman–Crippen LogP) is 1.29. The molecule has 3 rings (SSSR count). The van der Waals surface area contributed by atoms with Crippen LogP contribution in [0.5, 0.6) is 0 Å². The quantitative estimate of drug-likeness (QED) is 0.641. The van der Waals surface area contributed by atoms with Gasteiger partial charge in [-0.05, 0) is 50.6 Å². The summed E-state index contributed by atoms with van der Waals surface area (Å²) >= 11 is 0. The van der Waals surface area contributed by atoms with E-state index in [2.05, 4.69) is 39.8 Å². The lowest BCUT2D eigenvalue weighted by molar-refractivity contribution is -0.132. The van der Waals surface area contributed by atoms with Crippen molar-refractivity contribution in [1.82, 2.24) is 15.5 Å². The van der Waals surface area contributed by atoms with E-state index in [1.807, 2.05) is 6.07 Å². The largest absolute Gasteiger partial charge is 0.391 e. The lowest BCUT2D eigenvalue weighted by atomic mass is 9.97. The zero-order valence-corrected chi connectivity index (χ0v) is 16.1. The number of piperidine rings is 1. The maximum absolute atomic E-state index is 12.5. The molecule has 3 atom stereocenters. The first kappa shape index (κ1) is 19.8. The molecule has 27 heavy (non-hydrogen) atoms. The number of aliphatic hydroxyl groups excluding tert-OH is 1. The van der Waals surface area contributed by atoms with Crippen molar-refractivity contribution in [2.45, 2.75) is 51.3 Å². The molecule has 1 aromatic carbocycles. The lowest BCUT2D eigenvalue weighted by Crippen LogP contribution is -2.54. The Labute approximate surface area is 161 Å². The molecule has 0 radical (unpaired) electrons. The second-order valence-electron chi connectivity index (χ2n) is 7.98. The molecular weight excluding hydrogens is 342 g/mol. The Bertz CT molecular complexity index is 631. The van der Waals surface area contributed by atoms with Crippen LogP contribution in [0.2, 0.25) is 0 Å². The third-order valence-corrected chi connectivity index (χ3v) is 5.43. The summed E-state index contributed by atoms with van der Waals surface area (Å²) in [5.74, 6) is -0.00827. The van der Waals surface area contributed by atoms with Crippen molar-refractivity contribution < 1.29 is 14.7 Å². The highest BCUT2D eigenvalue weighted by Crippen LogP contribution is 2.29. The van der Waals surface area contributed by atoms with Gasteiger partial charge in [-0.3, -0.25) is 14.5 Å². The van der Waals surface area contributed by atoms with Crippen LogP contribution in [0.25, 0.3) is 0 Å². The molecule has 1 saturated carbocycles. The lowest BCUT2D eigenvalue weighted by Gasteiger charge is -2.33. The Morgan fingerprint density at radius 1 is 1.22 bits per heavy atom. The van der Waals surface area contributed by atoms with Gasteiger partial charge in [0.05, 0.1) is 6.10 Å². The molecule has 1 saturated heterocycles. The number of hydrogen-bond acceptors (Lipinski definition) is 4. The van der Waals surface area contributed by atoms with Crippen molar-refractivity contribution in [3.63, 3.8) is 0 Å². The van der Waals surface area contributed by atoms with Crippen molar-refractivity contribution in [2.24, 2.45) is 11.8 Å². The van der Waals surface area contributed by atoms with Gasteiger partial charge in [-0.1, -0.05) is 30.3 Å². The van der Waals surface area contributed by atoms with Gasteiger partial charge in [0.2, 0.25) is 11.8 Å². The first-order valence-corrected chi connectivity index (χ1v) is 10.1. The first-order valence-electron chi connectivity index (χ1n) is 10.1. The summed E-state index contributed by atoms with van der Waals surface area (Å²) in [4.78, 5) is 26.8. The number of amides is 2. The van der Waals surface area contributed by atoms with Crippen LogP contribution in [-0.4, -0.2) is 53.6 Å². The molecule has 1 aliphatic carbocycles. The van der Waals surface area contributed by atoms with Crippen LogP contribution in [0.15, 0.2) is 30.3 Å². The van der Waals surface area contributed by atoms with Gasteiger partial charge in [-0.2, -0.15) is 0 Å². The summed E-state index contributed by atoms with van der Waals surface area (Å²) in [7, 11) is 0. The highest BCUT2D eigenvalue weighted by atomic mass is 16.3. The van der Waals surface area contributed by atoms with Crippen molar-refractivity contribution in [3.05, 3.63) is 35.9 Å². The topological polar surface area (TPSA) is 81.7 Å². The monoisotopic (exact) mass is 373 g/mol. The molecule has 3 unspecified atom stereocenters. The van der Waals surface area contributed by atoms with Crippen LogP contribution in [0.1, 0.15) is 38.2 Å². The smallest absolute Gasteiger partial charge is 0.245 e. The molecule has 2 fully saturated rings. The molecule has 0 aromatic heterocycles. The number of aliphatic hydroxyl groups is 1. The molecule has 0 spiro atoms. The molecule has 2 aliphatic rings. The van der Waals surface area contributed by atoms with Crippen LogP contribution in [0.4, 0.5) is 0 Å². The molecule has 1 aliphatic heterocycles. The number of nitrogens with one attached hydrogen (secondary N) is 2. The number of hydrogen-bond donors (Lipinski definition) is 3. The van der Waals surface area contributed by atoms with Crippen LogP contribution in [0, 0.1) is 11.8 Å². The summed E-state index contributed by atoms with van der Waals surface area (Å²) in [6.45, 7) is 5.07. The van der Waals surface area contributed by atoms with E-state index < -0.39 is 12.1 Å². The van der Waals surface area contributed by atoms with Gasteiger partial charge in [0.1, 0.15) is 6.04 Å². The predicted molar refractivity (Wildman–Crippen MR) is 104 cm³/mol. The molecule has 6 heteroatoms. The summed E-state index contributed by atoms with van der Waals surface area (Å²) in [6, 6.07) is 9.55. The van der Waals surface area contributed by atoms with E-state index in [1.54, 1.807) is 6.92 Å². The Kier molecular flexibility index (Phi) is 6.85. The summed E-state index contributed by atoms with van der Waals surface area (Å²) < 4.78 is 0. The second-order valence-corrected chi connectivity index (χ2v) is 7.98. The fourth-order valence-corrected chi connectivity index (χ4v) is 3.68. The molecule has 1 aromatic rings. The molecule has 1 heterocycles. The third kappa shape index (κ3) is 6.04. The molecule has 6 nitrogen and oxygen atoms in total. The molecular formula is C21H31N3O3. The van der Waals surface area contributed by atoms with Gasteiger partial charge in [-0.15, -0.1) is 0 Å². The number of likely N-dealkylation sites (tertiary alicyclic amines) is 1. The minimum atomic E-state index is -0.909. The average Bonchev–Trinajstić information content (AvgIpc) is 3.50. The highest BCUT2D eigenvalue weighted by molar-refractivity contribution is 5.89. The highest BCUT2D eigenvalue weighted by Gasteiger charge is 2.34. The maximum Gasteiger partial charge on any atom is 0.245 e. The fraction of sp³-hybridized carbons (Fsp3) is 0.619. The van der Waals surface area contributed by atoms with Gasteiger partial charge in [0, 0.05) is 25.6 Å². The number of carbonyl (C=O) groups is 2. The van der Waals surface area contributed by atoms with Crippen molar-refractivity contribution in [3.8, 4) is 0 Å². The van der Waals surface area contributed by atoms with E-state index in [0.29, 0.717) is 12.5 Å². The average molecular weight is 373 g/mol. The van der Waals surface area contributed by atoms with Crippen LogP contribution < -0.4 is 10.6 Å². The Morgan fingerprint density at radius 3 is 2.63 bits per heavy atom. The first-order chi connectivity index (χ1) is 13.0. The zero-order valence-electron chi connectivity index (χ0n) is 16.1. The maximum atomic E-state index is 12.5. The van der Waals surface area contributed by atoms with Gasteiger partial charge in [-0.25, -0.2) is 0 Å². The zero-order chi connectivity index (χ0) is 19.2. The molecule has 2 amide bonds. The third-order valence-electron chi connectivity index (χ3n) is 5.43. The van der Waals surface area contributed by atoms with E-state index in [1.165, 1.54) is 5.56 Å². The summed E-state index contributed by atoms with van der Waals surface area (Å²) in [6.07, 6.45) is 3.04. The van der Waals surface area contributed by atoms with E-state index in [4.69, 9.17) is 0 Å². The minimum Gasteiger partial charge on any atom is -0.391 e. The molecule has 0 bridgehead atoms. The fourth-order valence-electron chi connectivity index (χ4n) is 3.68. The number of nitrogens with zero attached hydrogens (tertiary/aromatic N) is 1. The SMILES string of the molecule is CC(O)C(NC(=O)C1CC1)C(=O)NCC1CCCN(Cc2ccccc2)C1. The van der Waals surface area contributed by atoms with E-state index in [9.17, 15) is 14.7 Å². The van der Waals surface area contributed by atoms with E-state index >= 15 is 0 Å². The van der Waals surface area contributed by atoms with Gasteiger partial charge in [0.25, 0.3) is 0 Å². The van der Waals surface area contributed by atoms with Crippen LogP contribution >= 0.6 is 0 Å². The van der Waals surface area contributed by atoms with E-state index in [0.717, 1.165) is 45.3 Å². The van der Waals surface area contributed by atoms with E-state index in [-0.39, 0.29) is 17.7 Å². The standard InChI is InChI=1S/C21H31N3O3/c1-15(25)19(23-20(26)18-9-10-18)21(27)22-12-17-8-5-11-24(14-17)13-16-6-3-2-4-7-16/h2-4,6-7,15,17-19,25H,5,8-14H2,1H3,(H,22,27)(H,23,26). The minimum absolute atomic E-state index is 0.0175. The van der Waals surface area contributed by atoms with Gasteiger partial charge >= 0.3 is 0 Å². The molecule has 148 valence electrons. The van der Waals surface area contributed by atoms with Crippen molar-refractivity contribution in [1.29, 1.82) is 0 Å². The Morgan fingerprint density at radius 2 is 1.96 bits per heavy atom. The summed E-state index contributed by atoms with van der Waals surface area (Å²) in [5, 5.41) is 15.5. The Balaban J connectivity index is 1.46. The van der Waals surface area contributed by atoms with Crippen LogP contribution in [0.3, 0.4) is 0 Å².